The van der Waals surface area contributed by atoms with Gasteiger partial charge in [-0.25, -0.2) is 4.79 Å². The first kappa shape index (κ1) is 21.4. The lowest BCUT2D eigenvalue weighted by molar-refractivity contribution is -0.122. The Morgan fingerprint density at radius 3 is 2.69 bits per heavy atom. The number of aryl methyl sites for hydroxylation is 2. The molecule has 0 aliphatic heterocycles. The molecule has 0 unspecified atom stereocenters. The zero-order chi connectivity index (χ0) is 21.1. The number of fused-ring (bicyclic) bond motifs is 1. The normalized spacial score (nSPS) is 16.7. The molecule has 3 rings (SSSR count). The molecule has 0 spiro atoms. The number of anilines is 1. The first-order valence-electron chi connectivity index (χ1n) is 10.1. The second kappa shape index (κ2) is 8.99. The van der Waals surface area contributed by atoms with Crippen LogP contribution in [0.1, 0.15) is 58.6 Å². The number of hydrogen-bond acceptors (Lipinski definition) is 5. The number of nitrogens with one attached hydrogen (secondary N) is 1. The second-order valence-corrected chi connectivity index (χ2v) is 8.90. The van der Waals surface area contributed by atoms with E-state index in [1.54, 1.807) is 0 Å². The number of carbonyl (C=O) groups is 2. The molecule has 29 heavy (non-hydrogen) atoms. The van der Waals surface area contributed by atoms with Gasteiger partial charge < -0.3 is 14.8 Å². The minimum atomic E-state index is -0.638. The van der Waals surface area contributed by atoms with Gasteiger partial charge in [0.05, 0.1) is 12.7 Å². The predicted molar refractivity (Wildman–Crippen MR) is 116 cm³/mol. The Morgan fingerprint density at radius 1 is 1.28 bits per heavy atom. The third-order valence-electron chi connectivity index (χ3n) is 5.56. The van der Waals surface area contributed by atoms with Gasteiger partial charge in [-0.2, -0.15) is 0 Å². The van der Waals surface area contributed by atoms with Crippen LogP contribution in [-0.4, -0.2) is 25.1 Å². The van der Waals surface area contributed by atoms with Gasteiger partial charge in [0.15, 0.2) is 6.10 Å². The van der Waals surface area contributed by atoms with Crippen LogP contribution < -0.4 is 10.1 Å². The standard InChI is InChI=1S/C23H29NO4S/c1-6-18(28-16-9-8-14(3)15(4)12-16)21(25)24-22-20(23(26)27-5)17-10-7-13(2)11-19(17)29-22/h8-9,12-13,18H,6-7,10-11H2,1-5H3,(H,24,25)/t13-,18-/m0/s1. The Kier molecular flexibility index (Phi) is 6.63. The molecular formula is C23H29NO4S. The van der Waals surface area contributed by atoms with Crippen molar-refractivity contribution in [2.75, 3.05) is 12.4 Å². The minimum absolute atomic E-state index is 0.248. The van der Waals surface area contributed by atoms with Gasteiger partial charge in [0.1, 0.15) is 10.8 Å². The summed E-state index contributed by atoms with van der Waals surface area (Å²) in [7, 11) is 1.38. The van der Waals surface area contributed by atoms with Crippen LogP contribution in [0.25, 0.3) is 0 Å². The highest BCUT2D eigenvalue weighted by atomic mass is 32.1. The average Bonchev–Trinajstić information content (AvgIpc) is 3.04. The van der Waals surface area contributed by atoms with Gasteiger partial charge in [0, 0.05) is 4.88 Å². The third kappa shape index (κ3) is 4.64. The average molecular weight is 416 g/mol. The minimum Gasteiger partial charge on any atom is -0.481 e. The lowest BCUT2D eigenvalue weighted by Crippen LogP contribution is -2.32. The van der Waals surface area contributed by atoms with Crippen molar-refractivity contribution in [3.8, 4) is 5.75 Å². The van der Waals surface area contributed by atoms with Crippen LogP contribution in [0.15, 0.2) is 18.2 Å². The maximum Gasteiger partial charge on any atom is 0.341 e. The molecule has 0 radical (unpaired) electrons. The Bertz CT molecular complexity index is 918. The van der Waals surface area contributed by atoms with Crippen molar-refractivity contribution in [2.24, 2.45) is 5.92 Å². The Labute approximate surface area is 176 Å². The van der Waals surface area contributed by atoms with Crippen LogP contribution in [-0.2, 0) is 22.4 Å². The molecule has 1 aromatic heterocycles. The van der Waals surface area contributed by atoms with Gasteiger partial charge in [0.25, 0.3) is 5.91 Å². The third-order valence-corrected chi connectivity index (χ3v) is 6.73. The zero-order valence-corrected chi connectivity index (χ0v) is 18.6. The van der Waals surface area contributed by atoms with Crippen LogP contribution in [0, 0.1) is 19.8 Å². The van der Waals surface area contributed by atoms with Crippen LogP contribution in [0.5, 0.6) is 5.75 Å². The quantitative estimate of drug-likeness (QED) is 0.669. The van der Waals surface area contributed by atoms with Crippen LogP contribution >= 0.6 is 11.3 Å². The van der Waals surface area contributed by atoms with Crippen molar-refractivity contribution in [2.45, 2.75) is 59.5 Å². The number of benzene rings is 1. The highest BCUT2D eigenvalue weighted by Crippen LogP contribution is 2.40. The molecule has 1 aliphatic rings. The van der Waals surface area contributed by atoms with Gasteiger partial charge in [-0.15, -0.1) is 11.3 Å². The Balaban J connectivity index is 1.82. The molecule has 0 saturated carbocycles. The zero-order valence-electron chi connectivity index (χ0n) is 17.8. The lowest BCUT2D eigenvalue weighted by Gasteiger charge is -2.18. The van der Waals surface area contributed by atoms with Crippen molar-refractivity contribution in [1.29, 1.82) is 0 Å². The molecule has 156 valence electrons. The number of amides is 1. The molecule has 0 bridgehead atoms. The Hall–Kier alpha value is -2.34. The smallest absolute Gasteiger partial charge is 0.341 e. The highest BCUT2D eigenvalue weighted by Gasteiger charge is 2.30. The summed E-state index contributed by atoms with van der Waals surface area (Å²) >= 11 is 1.49. The number of thiophene rings is 1. The summed E-state index contributed by atoms with van der Waals surface area (Å²) in [6, 6.07) is 5.80. The molecule has 1 heterocycles. The summed E-state index contributed by atoms with van der Waals surface area (Å²) in [6.07, 6.45) is 2.68. The fourth-order valence-electron chi connectivity index (χ4n) is 3.62. The summed E-state index contributed by atoms with van der Waals surface area (Å²) in [5.41, 5.74) is 3.83. The van der Waals surface area contributed by atoms with Gasteiger partial charge >= 0.3 is 5.97 Å². The number of methoxy groups -OCH3 is 1. The lowest BCUT2D eigenvalue weighted by atomic mass is 9.88. The van der Waals surface area contributed by atoms with E-state index < -0.39 is 12.1 Å². The van der Waals surface area contributed by atoms with E-state index in [0.29, 0.717) is 28.7 Å². The van der Waals surface area contributed by atoms with Crippen molar-refractivity contribution in [1.82, 2.24) is 0 Å². The van der Waals surface area contributed by atoms with Crippen molar-refractivity contribution >= 4 is 28.2 Å². The van der Waals surface area contributed by atoms with Crippen LogP contribution in [0.4, 0.5) is 5.00 Å². The summed E-state index contributed by atoms with van der Waals surface area (Å²) in [4.78, 5) is 26.6. The summed E-state index contributed by atoms with van der Waals surface area (Å²) < 4.78 is 11.0. The van der Waals surface area contributed by atoms with E-state index in [9.17, 15) is 9.59 Å². The van der Waals surface area contributed by atoms with E-state index in [0.717, 1.165) is 30.4 Å². The molecular weight excluding hydrogens is 386 g/mol. The topological polar surface area (TPSA) is 64.6 Å². The van der Waals surface area contributed by atoms with Gasteiger partial charge in [-0.1, -0.05) is 19.9 Å². The van der Waals surface area contributed by atoms with E-state index in [1.165, 1.54) is 28.9 Å². The van der Waals surface area contributed by atoms with Gasteiger partial charge in [-0.3, -0.25) is 4.79 Å². The summed E-state index contributed by atoms with van der Waals surface area (Å²) in [6.45, 7) is 8.18. The molecule has 1 N–H and O–H groups in total. The number of rotatable bonds is 6. The molecule has 1 amide bonds. The molecule has 2 aromatic rings. The van der Waals surface area contributed by atoms with Gasteiger partial charge in [0.2, 0.25) is 0 Å². The molecule has 2 atom stereocenters. The Morgan fingerprint density at radius 2 is 2.03 bits per heavy atom. The number of carbonyl (C=O) groups excluding carboxylic acids is 2. The summed E-state index contributed by atoms with van der Waals surface area (Å²) in [5, 5.41) is 3.52. The van der Waals surface area contributed by atoms with E-state index in [4.69, 9.17) is 9.47 Å². The van der Waals surface area contributed by atoms with Crippen LogP contribution in [0.3, 0.4) is 0 Å². The second-order valence-electron chi connectivity index (χ2n) is 7.80. The maximum absolute atomic E-state index is 13.0. The predicted octanol–water partition coefficient (Wildman–Crippen LogP) is 5.07. The largest absolute Gasteiger partial charge is 0.481 e. The molecule has 1 aliphatic carbocycles. The SMILES string of the molecule is CC[C@H](Oc1ccc(C)c(C)c1)C(=O)Nc1sc2c(c1C(=O)OC)CC[C@H](C)C2. The van der Waals surface area contributed by atoms with E-state index in [-0.39, 0.29) is 5.91 Å². The monoisotopic (exact) mass is 415 g/mol. The van der Waals surface area contributed by atoms with E-state index in [1.807, 2.05) is 39.0 Å². The van der Waals surface area contributed by atoms with Crippen molar-refractivity contribution in [3.05, 3.63) is 45.3 Å². The number of hydrogen-bond donors (Lipinski definition) is 1. The highest BCUT2D eigenvalue weighted by molar-refractivity contribution is 7.17. The molecule has 1 aromatic carbocycles. The first-order chi connectivity index (χ1) is 13.8. The maximum atomic E-state index is 13.0. The molecule has 5 nitrogen and oxygen atoms in total. The van der Waals surface area contributed by atoms with Gasteiger partial charge in [-0.05, 0) is 74.3 Å². The molecule has 6 heteroatoms. The van der Waals surface area contributed by atoms with E-state index in [2.05, 4.69) is 12.2 Å². The molecule has 0 fully saturated rings. The number of ether oxygens (including phenoxy) is 2. The number of esters is 1. The first-order valence-corrected chi connectivity index (χ1v) is 10.9. The van der Waals surface area contributed by atoms with Crippen molar-refractivity contribution < 1.29 is 19.1 Å². The fraction of sp³-hybridized carbons (Fsp3) is 0.478. The van der Waals surface area contributed by atoms with Crippen molar-refractivity contribution in [3.63, 3.8) is 0 Å². The molecule has 0 saturated heterocycles. The summed E-state index contributed by atoms with van der Waals surface area (Å²) in [5.74, 6) is 0.604. The van der Waals surface area contributed by atoms with E-state index >= 15 is 0 Å². The van der Waals surface area contributed by atoms with Crippen LogP contribution in [0.2, 0.25) is 0 Å². The fourth-order valence-corrected chi connectivity index (χ4v) is 5.02.